The van der Waals surface area contributed by atoms with Crippen molar-refractivity contribution in [1.82, 2.24) is 0 Å². The van der Waals surface area contributed by atoms with E-state index in [1.807, 2.05) is 23.9 Å². The molecule has 1 aliphatic heterocycles. The number of methoxy groups -OCH3 is 4. The molecule has 0 aromatic heterocycles. The second kappa shape index (κ2) is 12.1. The molecule has 8 heteroatoms. The average Bonchev–Trinajstić information content (AvgIpc) is 3.35. The predicted octanol–water partition coefficient (Wildman–Crippen LogP) is 5.22. The van der Waals surface area contributed by atoms with Crippen LogP contribution in [0, 0.1) is 0 Å². The molecule has 2 unspecified atom stereocenters. The van der Waals surface area contributed by atoms with E-state index in [0.717, 1.165) is 30.5 Å². The lowest BCUT2D eigenvalue weighted by molar-refractivity contribution is 0.294. The number of nitrogens with one attached hydrogen (secondary N) is 1. The largest absolute Gasteiger partial charge is 0.493 e. The molecule has 2 atom stereocenters. The molecule has 2 N–H and O–H groups in total. The van der Waals surface area contributed by atoms with Crippen LogP contribution in [0.1, 0.15) is 47.8 Å². The second-order valence-electron chi connectivity index (χ2n) is 7.75. The molecule has 0 amide bonds. The van der Waals surface area contributed by atoms with Gasteiger partial charge in [-0.15, -0.1) is 11.8 Å². The maximum absolute atomic E-state index is 9.32. The Morgan fingerprint density at radius 3 is 1.88 bits per heavy atom. The summed E-state index contributed by atoms with van der Waals surface area (Å²) in [5.41, 5.74) is 3.19. The molecule has 2 aromatic rings. The summed E-state index contributed by atoms with van der Waals surface area (Å²) in [7, 11) is 6.56. The smallest absolute Gasteiger partial charge is 0.203 e. The summed E-state index contributed by atoms with van der Waals surface area (Å²) in [6.07, 6.45) is 2.97. The summed E-state index contributed by atoms with van der Waals surface area (Å²) in [5.74, 6) is 3.35. The lowest BCUT2D eigenvalue weighted by atomic mass is 10.0. The van der Waals surface area contributed by atoms with Crippen LogP contribution >= 0.6 is 11.8 Å². The average molecular weight is 478 g/mol. The minimum absolute atomic E-state index is 0.0428. The van der Waals surface area contributed by atoms with Gasteiger partial charge in [0, 0.05) is 17.0 Å². The van der Waals surface area contributed by atoms with Crippen LogP contribution in [0.5, 0.6) is 28.7 Å². The molecular formula is C25H35NO6S. The van der Waals surface area contributed by atoms with E-state index in [1.165, 1.54) is 5.56 Å². The number of aliphatic hydroxyl groups is 1. The number of thioether (sulfide) groups is 1. The summed E-state index contributed by atoms with van der Waals surface area (Å²) in [5, 5.41) is 13.2. The highest BCUT2D eigenvalue weighted by Crippen LogP contribution is 2.55. The first-order chi connectivity index (χ1) is 16.1. The minimum atomic E-state index is 0.0428. The van der Waals surface area contributed by atoms with Crippen molar-refractivity contribution in [2.24, 2.45) is 0 Å². The summed E-state index contributed by atoms with van der Waals surface area (Å²) < 4.78 is 28.2. The molecule has 0 spiro atoms. The Bertz CT molecular complexity index is 897. The Balaban J connectivity index is 1.88. The van der Waals surface area contributed by atoms with Gasteiger partial charge in [0.2, 0.25) is 5.75 Å². The topological polar surface area (TPSA) is 78.4 Å². The van der Waals surface area contributed by atoms with E-state index in [0.29, 0.717) is 52.4 Å². The van der Waals surface area contributed by atoms with Crippen molar-refractivity contribution in [3.05, 3.63) is 35.4 Å². The summed E-state index contributed by atoms with van der Waals surface area (Å²) in [6.45, 7) is 3.16. The van der Waals surface area contributed by atoms with E-state index >= 15 is 0 Å². The monoisotopic (exact) mass is 477 g/mol. The molecule has 3 rings (SSSR count). The van der Waals surface area contributed by atoms with Crippen molar-refractivity contribution in [3.8, 4) is 28.7 Å². The Morgan fingerprint density at radius 2 is 1.39 bits per heavy atom. The highest BCUT2D eigenvalue weighted by atomic mass is 32.2. The van der Waals surface area contributed by atoms with E-state index in [-0.39, 0.29) is 6.61 Å². The Labute approximate surface area is 200 Å². The molecule has 0 radical (unpaired) electrons. The molecule has 0 aliphatic carbocycles. The van der Waals surface area contributed by atoms with Crippen LogP contribution in [0.4, 0.5) is 5.69 Å². The number of anilines is 1. The third kappa shape index (κ3) is 5.73. The van der Waals surface area contributed by atoms with Gasteiger partial charge in [-0.1, -0.05) is 6.92 Å². The van der Waals surface area contributed by atoms with Gasteiger partial charge < -0.3 is 34.1 Å². The maximum atomic E-state index is 9.32. The summed E-state index contributed by atoms with van der Waals surface area (Å²) >= 11 is 1.92. The van der Waals surface area contributed by atoms with Crippen LogP contribution in [-0.2, 0) is 0 Å². The van der Waals surface area contributed by atoms with Crippen LogP contribution < -0.4 is 29.0 Å². The van der Waals surface area contributed by atoms with Crippen molar-refractivity contribution in [1.29, 1.82) is 0 Å². The van der Waals surface area contributed by atoms with Gasteiger partial charge in [0.15, 0.2) is 23.0 Å². The van der Waals surface area contributed by atoms with Crippen LogP contribution in [0.15, 0.2) is 24.3 Å². The van der Waals surface area contributed by atoms with E-state index in [4.69, 9.17) is 23.7 Å². The molecule has 182 valence electrons. The van der Waals surface area contributed by atoms with Gasteiger partial charge in [-0.2, -0.15) is 0 Å². The van der Waals surface area contributed by atoms with Gasteiger partial charge in [-0.05, 0) is 54.7 Å². The second-order valence-corrected chi connectivity index (χ2v) is 9.16. The van der Waals surface area contributed by atoms with E-state index < -0.39 is 0 Å². The van der Waals surface area contributed by atoms with E-state index in [1.54, 1.807) is 28.4 Å². The summed E-state index contributed by atoms with van der Waals surface area (Å²) in [4.78, 5) is 0. The molecular weight excluding hydrogens is 442 g/mol. The predicted molar refractivity (Wildman–Crippen MR) is 133 cm³/mol. The molecule has 7 nitrogen and oxygen atoms in total. The molecule has 1 fully saturated rings. The Hall–Kier alpha value is -2.45. The van der Waals surface area contributed by atoms with Crippen LogP contribution in [0.3, 0.4) is 0 Å². The minimum Gasteiger partial charge on any atom is -0.493 e. The third-order valence-electron chi connectivity index (χ3n) is 5.63. The summed E-state index contributed by atoms with van der Waals surface area (Å²) in [6, 6.07) is 8.28. The zero-order valence-electron chi connectivity index (χ0n) is 20.1. The Morgan fingerprint density at radius 1 is 0.848 bits per heavy atom. The van der Waals surface area contributed by atoms with Crippen molar-refractivity contribution in [2.45, 2.75) is 36.7 Å². The Kier molecular flexibility index (Phi) is 9.26. The SMILES string of the molecule is CCCOc1c(NCCO)cc(C2CCC(c3cc(OC)c(OC)c(OC)c3)S2)cc1OC. The number of rotatable bonds is 12. The fourth-order valence-electron chi connectivity index (χ4n) is 4.05. The zero-order valence-corrected chi connectivity index (χ0v) is 20.9. The molecule has 2 aromatic carbocycles. The molecule has 1 saturated heterocycles. The van der Waals surface area contributed by atoms with Gasteiger partial charge in [0.1, 0.15) is 0 Å². The van der Waals surface area contributed by atoms with Gasteiger partial charge in [0.05, 0.1) is 47.3 Å². The third-order valence-corrected chi connectivity index (χ3v) is 7.30. The van der Waals surface area contributed by atoms with Gasteiger partial charge in [0.25, 0.3) is 0 Å². The van der Waals surface area contributed by atoms with Crippen LogP contribution in [-0.4, -0.2) is 53.3 Å². The first-order valence-corrected chi connectivity index (χ1v) is 12.2. The fourth-order valence-corrected chi connectivity index (χ4v) is 5.58. The highest BCUT2D eigenvalue weighted by molar-refractivity contribution is 8.00. The first kappa shape index (κ1) is 25.2. The molecule has 1 aliphatic rings. The van der Waals surface area contributed by atoms with Gasteiger partial charge >= 0.3 is 0 Å². The van der Waals surface area contributed by atoms with Crippen LogP contribution in [0.25, 0.3) is 0 Å². The van der Waals surface area contributed by atoms with E-state index in [2.05, 4.69) is 24.4 Å². The number of aliphatic hydroxyl groups excluding tert-OH is 1. The van der Waals surface area contributed by atoms with Crippen molar-refractivity contribution in [2.75, 3.05) is 53.5 Å². The van der Waals surface area contributed by atoms with Crippen LogP contribution in [0.2, 0.25) is 0 Å². The number of hydrogen-bond acceptors (Lipinski definition) is 8. The number of ether oxygens (including phenoxy) is 5. The molecule has 0 bridgehead atoms. The first-order valence-electron chi connectivity index (χ1n) is 11.2. The number of benzene rings is 2. The molecule has 0 saturated carbocycles. The zero-order chi connectivity index (χ0) is 23.8. The standard InChI is InChI=1S/C25H35NO6S/c1-6-11-32-24-18(26-9-10-27)12-16(13-19(24)28-2)22-7-8-23(33-22)17-14-20(29-3)25(31-5)21(15-17)30-4/h12-15,22-23,26-27H,6-11H2,1-5H3. The van der Waals surface area contributed by atoms with E-state index in [9.17, 15) is 5.11 Å². The lowest BCUT2D eigenvalue weighted by Gasteiger charge is -2.20. The van der Waals surface area contributed by atoms with Crippen molar-refractivity contribution >= 4 is 17.4 Å². The maximum Gasteiger partial charge on any atom is 0.203 e. The molecule has 33 heavy (non-hydrogen) atoms. The normalized spacial score (nSPS) is 17.5. The van der Waals surface area contributed by atoms with Gasteiger partial charge in [-0.25, -0.2) is 0 Å². The lowest BCUT2D eigenvalue weighted by Crippen LogP contribution is -2.09. The van der Waals surface area contributed by atoms with Crippen molar-refractivity contribution < 1.29 is 28.8 Å². The number of hydrogen-bond donors (Lipinski definition) is 2. The highest BCUT2D eigenvalue weighted by Gasteiger charge is 2.30. The quantitative estimate of drug-likeness (QED) is 0.431. The van der Waals surface area contributed by atoms with Crippen molar-refractivity contribution in [3.63, 3.8) is 0 Å². The fraction of sp³-hybridized carbons (Fsp3) is 0.520. The molecule has 1 heterocycles. The van der Waals surface area contributed by atoms with Gasteiger partial charge in [-0.3, -0.25) is 0 Å².